The first-order chi connectivity index (χ1) is 14.6. The maximum absolute atomic E-state index is 12.8. The number of methoxy groups -OCH3 is 1. The number of rotatable bonds is 6. The van der Waals surface area contributed by atoms with Gasteiger partial charge in [0.1, 0.15) is 5.75 Å². The number of nitrogens with one attached hydrogen (secondary N) is 1. The summed E-state index contributed by atoms with van der Waals surface area (Å²) >= 11 is 0. The summed E-state index contributed by atoms with van der Waals surface area (Å²) in [6.07, 6.45) is 0.580. The molecule has 150 valence electrons. The number of imide groups is 1. The molecule has 30 heavy (non-hydrogen) atoms. The van der Waals surface area contributed by atoms with Crippen LogP contribution in [0.15, 0.2) is 72.8 Å². The summed E-state index contributed by atoms with van der Waals surface area (Å²) in [4.78, 5) is 39.3. The summed E-state index contributed by atoms with van der Waals surface area (Å²) in [5.41, 5.74) is 2.56. The van der Waals surface area contributed by atoms with E-state index in [1.165, 1.54) is 11.0 Å². The minimum Gasteiger partial charge on any atom is -0.497 e. The van der Waals surface area contributed by atoms with Gasteiger partial charge in [-0.3, -0.25) is 19.3 Å². The van der Waals surface area contributed by atoms with Crippen molar-refractivity contribution in [3.8, 4) is 5.75 Å². The second-order valence-electron chi connectivity index (χ2n) is 6.94. The fourth-order valence-corrected chi connectivity index (χ4v) is 3.40. The van der Waals surface area contributed by atoms with Crippen molar-refractivity contribution in [1.82, 2.24) is 4.90 Å². The molecule has 0 saturated carbocycles. The normalized spacial score (nSPS) is 12.6. The SMILES string of the molecule is COc1ccc(NC(=O)c2ccc3c(c2)C(=O)N(CCc2ccccc2)C3=O)cc1. The third kappa shape index (κ3) is 3.80. The molecule has 4 rings (SSSR count). The highest BCUT2D eigenvalue weighted by Gasteiger charge is 2.35. The van der Waals surface area contributed by atoms with Crippen molar-refractivity contribution in [3.63, 3.8) is 0 Å². The molecule has 0 atom stereocenters. The molecule has 0 aliphatic carbocycles. The van der Waals surface area contributed by atoms with Crippen molar-refractivity contribution in [2.24, 2.45) is 0 Å². The predicted octanol–water partition coefficient (Wildman–Crippen LogP) is 3.79. The average Bonchev–Trinajstić information content (AvgIpc) is 3.02. The van der Waals surface area contributed by atoms with Crippen molar-refractivity contribution in [1.29, 1.82) is 0 Å². The number of benzene rings is 3. The summed E-state index contributed by atoms with van der Waals surface area (Å²) in [5.74, 6) is -0.366. The third-order valence-corrected chi connectivity index (χ3v) is 5.05. The van der Waals surface area contributed by atoms with E-state index in [-0.39, 0.29) is 23.3 Å². The Hall–Kier alpha value is -3.93. The monoisotopic (exact) mass is 400 g/mol. The van der Waals surface area contributed by atoms with E-state index in [4.69, 9.17) is 4.74 Å². The maximum atomic E-state index is 12.8. The number of fused-ring (bicyclic) bond motifs is 1. The Bertz CT molecular complexity index is 1110. The first-order valence-corrected chi connectivity index (χ1v) is 9.56. The summed E-state index contributed by atoms with van der Waals surface area (Å²) in [6.45, 7) is 0.295. The molecule has 1 aliphatic rings. The van der Waals surface area contributed by atoms with E-state index in [0.29, 0.717) is 35.5 Å². The second kappa shape index (κ2) is 8.21. The molecule has 3 aromatic rings. The van der Waals surface area contributed by atoms with E-state index >= 15 is 0 Å². The van der Waals surface area contributed by atoms with E-state index in [9.17, 15) is 14.4 Å². The minimum atomic E-state index is -0.370. The lowest BCUT2D eigenvalue weighted by molar-refractivity contribution is 0.0656. The van der Waals surface area contributed by atoms with Gasteiger partial charge in [-0.15, -0.1) is 0 Å². The van der Waals surface area contributed by atoms with Gasteiger partial charge in [0.05, 0.1) is 18.2 Å². The highest BCUT2D eigenvalue weighted by Crippen LogP contribution is 2.25. The van der Waals surface area contributed by atoms with Gasteiger partial charge in [0.2, 0.25) is 0 Å². The average molecular weight is 400 g/mol. The number of carbonyl (C=O) groups excluding carboxylic acids is 3. The van der Waals surface area contributed by atoms with Crippen LogP contribution in [0, 0.1) is 0 Å². The minimum absolute atomic E-state index is 0.260. The number of hydrogen-bond donors (Lipinski definition) is 1. The molecule has 6 nitrogen and oxygen atoms in total. The first kappa shape index (κ1) is 19.4. The molecule has 1 N–H and O–H groups in total. The van der Waals surface area contributed by atoms with Crippen LogP contribution in [0.4, 0.5) is 5.69 Å². The predicted molar refractivity (Wildman–Crippen MR) is 113 cm³/mol. The molecule has 3 aromatic carbocycles. The molecule has 0 saturated heterocycles. The van der Waals surface area contributed by atoms with Gasteiger partial charge in [-0.1, -0.05) is 30.3 Å². The summed E-state index contributed by atoms with van der Waals surface area (Å²) < 4.78 is 5.10. The van der Waals surface area contributed by atoms with Crippen molar-refractivity contribution < 1.29 is 19.1 Å². The van der Waals surface area contributed by atoms with Crippen LogP contribution >= 0.6 is 0 Å². The van der Waals surface area contributed by atoms with Gasteiger partial charge in [-0.05, 0) is 54.4 Å². The second-order valence-corrected chi connectivity index (χ2v) is 6.94. The van der Waals surface area contributed by atoms with E-state index in [0.717, 1.165) is 5.56 Å². The van der Waals surface area contributed by atoms with E-state index in [1.807, 2.05) is 30.3 Å². The largest absolute Gasteiger partial charge is 0.497 e. The van der Waals surface area contributed by atoms with Crippen LogP contribution in [0.25, 0.3) is 0 Å². The van der Waals surface area contributed by atoms with Crippen LogP contribution < -0.4 is 10.1 Å². The number of anilines is 1. The fourth-order valence-electron chi connectivity index (χ4n) is 3.40. The van der Waals surface area contributed by atoms with Crippen LogP contribution in [-0.4, -0.2) is 36.3 Å². The number of ether oxygens (including phenoxy) is 1. The Kier molecular flexibility index (Phi) is 5.30. The molecule has 1 heterocycles. The summed E-state index contributed by atoms with van der Waals surface area (Å²) in [6, 6.07) is 21.2. The van der Waals surface area contributed by atoms with Crippen LogP contribution in [-0.2, 0) is 6.42 Å². The van der Waals surface area contributed by atoms with Gasteiger partial charge in [-0.25, -0.2) is 0 Å². The van der Waals surface area contributed by atoms with Crippen molar-refractivity contribution in [2.45, 2.75) is 6.42 Å². The Balaban J connectivity index is 1.48. The third-order valence-electron chi connectivity index (χ3n) is 5.05. The smallest absolute Gasteiger partial charge is 0.261 e. The van der Waals surface area contributed by atoms with Crippen LogP contribution in [0.5, 0.6) is 5.75 Å². The van der Waals surface area contributed by atoms with Gasteiger partial charge >= 0.3 is 0 Å². The Morgan fingerprint density at radius 3 is 2.30 bits per heavy atom. The molecular weight excluding hydrogens is 380 g/mol. The van der Waals surface area contributed by atoms with Gasteiger partial charge in [-0.2, -0.15) is 0 Å². The first-order valence-electron chi connectivity index (χ1n) is 9.56. The topological polar surface area (TPSA) is 75.7 Å². The van der Waals surface area contributed by atoms with E-state index in [2.05, 4.69) is 5.32 Å². The zero-order valence-corrected chi connectivity index (χ0v) is 16.4. The quantitative estimate of drug-likeness (QED) is 0.639. The summed E-state index contributed by atoms with van der Waals surface area (Å²) in [5, 5.41) is 2.78. The Morgan fingerprint density at radius 1 is 0.900 bits per heavy atom. The van der Waals surface area contributed by atoms with Crippen LogP contribution in [0.3, 0.4) is 0 Å². The number of nitrogens with zero attached hydrogens (tertiary/aromatic N) is 1. The molecule has 0 aromatic heterocycles. The highest BCUT2D eigenvalue weighted by molar-refractivity contribution is 6.22. The fraction of sp³-hybridized carbons (Fsp3) is 0.125. The van der Waals surface area contributed by atoms with Crippen molar-refractivity contribution in [2.75, 3.05) is 19.0 Å². The molecule has 0 unspecified atom stereocenters. The molecule has 0 radical (unpaired) electrons. The lowest BCUT2D eigenvalue weighted by Crippen LogP contribution is -2.31. The van der Waals surface area contributed by atoms with Crippen molar-refractivity contribution in [3.05, 3.63) is 95.1 Å². The lowest BCUT2D eigenvalue weighted by atomic mass is 10.1. The molecule has 0 spiro atoms. The Labute approximate surface area is 174 Å². The molecule has 0 fully saturated rings. The molecular formula is C24H20N2O4. The number of carbonyl (C=O) groups is 3. The maximum Gasteiger partial charge on any atom is 0.261 e. The number of hydrogen-bond acceptors (Lipinski definition) is 4. The van der Waals surface area contributed by atoms with E-state index in [1.54, 1.807) is 43.5 Å². The highest BCUT2D eigenvalue weighted by atomic mass is 16.5. The zero-order chi connectivity index (χ0) is 21.1. The van der Waals surface area contributed by atoms with Crippen LogP contribution in [0.2, 0.25) is 0 Å². The van der Waals surface area contributed by atoms with Crippen LogP contribution in [0.1, 0.15) is 36.6 Å². The van der Waals surface area contributed by atoms with E-state index < -0.39 is 0 Å². The zero-order valence-electron chi connectivity index (χ0n) is 16.4. The van der Waals surface area contributed by atoms with Gasteiger partial charge in [0.15, 0.2) is 0 Å². The Morgan fingerprint density at radius 2 is 1.60 bits per heavy atom. The standard InChI is InChI=1S/C24H20N2O4/c1-30-19-10-8-18(9-11-19)25-22(27)17-7-12-20-21(15-17)24(29)26(23(20)28)14-13-16-5-3-2-4-6-16/h2-12,15H,13-14H2,1H3,(H,25,27). The molecule has 6 heteroatoms. The lowest BCUT2D eigenvalue weighted by Gasteiger charge is -2.13. The molecule has 1 aliphatic heterocycles. The van der Waals surface area contributed by atoms with Gasteiger partial charge < -0.3 is 10.1 Å². The van der Waals surface area contributed by atoms with Gasteiger partial charge in [0, 0.05) is 17.8 Å². The summed E-state index contributed by atoms with van der Waals surface area (Å²) in [7, 11) is 1.57. The molecule has 0 bridgehead atoms. The number of amides is 3. The van der Waals surface area contributed by atoms with Gasteiger partial charge in [0.25, 0.3) is 17.7 Å². The molecule has 3 amide bonds. The van der Waals surface area contributed by atoms with Crippen molar-refractivity contribution >= 4 is 23.4 Å².